The molecule has 2 nitrogen and oxygen atoms in total. The maximum atomic E-state index is 10.9. The Morgan fingerprint density at radius 3 is 1.94 bits per heavy atom. The first-order chi connectivity index (χ1) is 8.69. The predicted octanol–water partition coefficient (Wildman–Crippen LogP) is 3.68. The number of hydrogen-bond donors (Lipinski definition) is 1. The van der Waals surface area contributed by atoms with Crippen LogP contribution in [0.25, 0.3) is 0 Å². The molecule has 0 saturated carbocycles. The molecule has 18 heavy (non-hydrogen) atoms. The van der Waals surface area contributed by atoms with Gasteiger partial charge < -0.3 is 5.73 Å². The van der Waals surface area contributed by atoms with Crippen LogP contribution in [0, 0.1) is 0 Å². The van der Waals surface area contributed by atoms with Gasteiger partial charge in [0.2, 0.25) is 0 Å². The molecule has 92 valence electrons. The number of halogens is 1. The van der Waals surface area contributed by atoms with Gasteiger partial charge in [-0.2, -0.15) is 0 Å². The van der Waals surface area contributed by atoms with Crippen LogP contribution in [-0.2, 0) is 6.54 Å². The van der Waals surface area contributed by atoms with E-state index in [0.717, 1.165) is 15.4 Å². The normalized spacial score (nSPS) is 10.3. The Morgan fingerprint density at radius 2 is 1.50 bits per heavy atom. The van der Waals surface area contributed by atoms with Crippen LogP contribution in [0.1, 0.15) is 15.9 Å². The lowest BCUT2D eigenvalue weighted by molar-refractivity contribution is 0.108. The van der Waals surface area contributed by atoms with E-state index < -0.39 is 5.24 Å². The Balaban J connectivity index is 2.10. The van der Waals surface area contributed by atoms with Gasteiger partial charge in [0.15, 0.2) is 0 Å². The molecule has 0 unspecified atom stereocenters. The molecule has 2 aromatic carbocycles. The smallest absolute Gasteiger partial charge is 0.252 e. The third-order valence-corrected chi connectivity index (χ3v) is 3.71. The van der Waals surface area contributed by atoms with Crippen molar-refractivity contribution < 1.29 is 4.79 Å². The largest absolute Gasteiger partial charge is 0.326 e. The maximum absolute atomic E-state index is 10.9. The number of nitrogens with two attached hydrogens (primary N) is 1. The van der Waals surface area contributed by atoms with Gasteiger partial charge in [0, 0.05) is 21.9 Å². The lowest BCUT2D eigenvalue weighted by Crippen LogP contribution is -1.94. The van der Waals surface area contributed by atoms with Gasteiger partial charge in [-0.15, -0.1) is 0 Å². The Labute approximate surface area is 115 Å². The summed E-state index contributed by atoms with van der Waals surface area (Å²) in [5.41, 5.74) is 7.17. The topological polar surface area (TPSA) is 43.1 Å². The molecule has 0 saturated heterocycles. The molecule has 2 aromatic rings. The molecule has 2 rings (SSSR count). The van der Waals surface area contributed by atoms with Gasteiger partial charge in [-0.3, -0.25) is 4.79 Å². The van der Waals surface area contributed by atoms with Crippen molar-refractivity contribution in [2.45, 2.75) is 16.3 Å². The molecule has 4 heteroatoms. The SMILES string of the molecule is NCc1ccc(Sc2ccc(C(=O)Cl)cc2)cc1. The molecule has 0 atom stereocenters. The van der Waals surface area contributed by atoms with Crippen LogP contribution in [-0.4, -0.2) is 5.24 Å². The van der Waals surface area contributed by atoms with E-state index in [1.54, 1.807) is 23.9 Å². The van der Waals surface area contributed by atoms with Gasteiger partial charge in [0.25, 0.3) is 5.24 Å². The van der Waals surface area contributed by atoms with Crippen LogP contribution < -0.4 is 5.73 Å². The van der Waals surface area contributed by atoms with Crippen molar-refractivity contribution in [3.63, 3.8) is 0 Å². The van der Waals surface area contributed by atoms with E-state index in [4.69, 9.17) is 17.3 Å². The van der Waals surface area contributed by atoms with E-state index in [2.05, 4.69) is 0 Å². The van der Waals surface area contributed by atoms with Crippen molar-refractivity contribution >= 4 is 28.6 Å². The van der Waals surface area contributed by atoms with E-state index in [0.29, 0.717) is 12.1 Å². The van der Waals surface area contributed by atoms with Crippen molar-refractivity contribution in [2.24, 2.45) is 5.73 Å². The van der Waals surface area contributed by atoms with Crippen molar-refractivity contribution in [3.05, 3.63) is 59.7 Å². The fraction of sp³-hybridized carbons (Fsp3) is 0.0714. The summed E-state index contributed by atoms with van der Waals surface area (Å²) < 4.78 is 0. The zero-order chi connectivity index (χ0) is 13.0. The van der Waals surface area contributed by atoms with Gasteiger partial charge in [-0.05, 0) is 53.6 Å². The molecule has 2 N–H and O–H groups in total. The first-order valence-electron chi connectivity index (χ1n) is 5.46. The molecule has 0 aliphatic carbocycles. The second-order valence-electron chi connectivity index (χ2n) is 3.75. The van der Waals surface area contributed by atoms with Crippen LogP contribution in [0.2, 0.25) is 0 Å². The van der Waals surface area contributed by atoms with Crippen LogP contribution in [0.5, 0.6) is 0 Å². The molecular weight excluding hydrogens is 266 g/mol. The summed E-state index contributed by atoms with van der Waals surface area (Å²) in [5, 5.41) is -0.432. The molecule has 0 aliphatic heterocycles. The molecule has 0 aromatic heterocycles. The minimum atomic E-state index is -0.432. The molecule has 0 bridgehead atoms. The van der Waals surface area contributed by atoms with Crippen LogP contribution in [0.3, 0.4) is 0 Å². The summed E-state index contributed by atoms with van der Waals surface area (Å²) in [6.45, 7) is 0.553. The summed E-state index contributed by atoms with van der Waals surface area (Å²) in [5.74, 6) is 0. The molecule has 0 spiro atoms. The lowest BCUT2D eigenvalue weighted by atomic mass is 10.2. The zero-order valence-electron chi connectivity index (χ0n) is 9.60. The lowest BCUT2D eigenvalue weighted by Gasteiger charge is -2.03. The quantitative estimate of drug-likeness (QED) is 0.867. The number of carbonyl (C=O) groups is 1. The van der Waals surface area contributed by atoms with E-state index in [9.17, 15) is 4.79 Å². The maximum Gasteiger partial charge on any atom is 0.252 e. The Bertz CT molecular complexity index is 537. The van der Waals surface area contributed by atoms with Gasteiger partial charge in [0.1, 0.15) is 0 Å². The van der Waals surface area contributed by atoms with Crippen molar-refractivity contribution in [2.75, 3.05) is 0 Å². The van der Waals surface area contributed by atoms with Crippen LogP contribution in [0.15, 0.2) is 58.3 Å². The molecule has 0 heterocycles. The Hall–Kier alpha value is -1.29. The molecule has 0 radical (unpaired) electrons. The standard InChI is InChI=1S/C14H12ClNOS/c15-14(17)11-3-7-13(8-4-11)18-12-5-1-10(9-16)2-6-12/h1-8H,9,16H2. The van der Waals surface area contributed by atoms with E-state index in [1.165, 1.54) is 0 Å². The van der Waals surface area contributed by atoms with Gasteiger partial charge in [-0.25, -0.2) is 0 Å². The highest BCUT2D eigenvalue weighted by molar-refractivity contribution is 7.99. The highest BCUT2D eigenvalue weighted by atomic mass is 35.5. The summed E-state index contributed by atoms with van der Waals surface area (Å²) in [4.78, 5) is 13.1. The first kappa shape index (κ1) is 13.1. The number of benzene rings is 2. The third-order valence-electron chi connectivity index (χ3n) is 2.48. The molecule has 0 aliphatic rings. The molecule has 0 amide bonds. The fourth-order valence-corrected chi connectivity index (χ4v) is 2.43. The van der Waals surface area contributed by atoms with E-state index in [-0.39, 0.29) is 0 Å². The monoisotopic (exact) mass is 277 g/mol. The molecule has 0 fully saturated rings. The van der Waals surface area contributed by atoms with Gasteiger partial charge >= 0.3 is 0 Å². The summed E-state index contributed by atoms with van der Waals surface area (Å²) in [6.07, 6.45) is 0. The van der Waals surface area contributed by atoms with Gasteiger partial charge in [-0.1, -0.05) is 23.9 Å². The van der Waals surface area contributed by atoms with E-state index in [1.807, 2.05) is 36.4 Å². The van der Waals surface area contributed by atoms with E-state index >= 15 is 0 Å². The minimum absolute atomic E-state index is 0.432. The minimum Gasteiger partial charge on any atom is -0.326 e. The van der Waals surface area contributed by atoms with Crippen LogP contribution >= 0.6 is 23.4 Å². The van der Waals surface area contributed by atoms with Crippen molar-refractivity contribution in [1.29, 1.82) is 0 Å². The highest BCUT2D eigenvalue weighted by Crippen LogP contribution is 2.28. The Morgan fingerprint density at radius 1 is 1.00 bits per heavy atom. The summed E-state index contributed by atoms with van der Waals surface area (Å²) in [6, 6.07) is 15.3. The first-order valence-corrected chi connectivity index (χ1v) is 6.65. The van der Waals surface area contributed by atoms with Crippen molar-refractivity contribution in [3.8, 4) is 0 Å². The second-order valence-corrected chi connectivity index (χ2v) is 5.24. The van der Waals surface area contributed by atoms with Gasteiger partial charge in [0.05, 0.1) is 0 Å². The number of carbonyl (C=O) groups excluding carboxylic acids is 1. The average Bonchev–Trinajstić information content (AvgIpc) is 2.40. The zero-order valence-corrected chi connectivity index (χ0v) is 11.2. The average molecular weight is 278 g/mol. The number of rotatable bonds is 4. The molecular formula is C14H12ClNOS. The second kappa shape index (κ2) is 6.05. The highest BCUT2D eigenvalue weighted by Gasteiger charge is 2.02. The van der Waals surface area contributed by atoms with Crippen LogP contribution in [0.4, 0.5) is 0 Å². The summed E-state index contributed by atoms with van der Waals surface area (Å²) in [7, 11) is 0. The van der Waals surface area contributed by atoms with Crippen molar-refractivity contribution in [1.82, 2.24) is 0 Å². The summed E-state index contributed by atoms with van der Waals surface area (Å²) >= 11 is 7.02. The third kappa shape index (κ3) is 3.35. The number of hydrogen-bond acceptors (Lipinski definition) is 3. The Kier molecular flexibility index (Phi) is 4.42. The predicted molar refractivity (Wildman–Crippen MR) is 75.1 cm³/mol. The fourth-order valence-electron chi connectivity index (χ4n) is 1.48.